The summed E-state index contributed by atoms with van der Waals surface area (Å²) in [6, 6.07) is 0. The molecule has 0 aromatic heterocycles. The van der Waals surface area contributed by atoms with Crippen LogP contribution in [0.2, 0.25) is 0 Å². The predicted molar refractivity (Wildman–Crippen MR) is 102 cm³/mol. The summed E-state index contributed by atoms with van der Waals surface area (Å²) in [5.41, 5.74) is 1.81. The Morgan fingerprint density at radius 1 is 1.04 bits per heavy atom. The molecule has 0 fully saturated rings. The zero-order valence-electron chi connectivity index (χ0n) is 15.6. The van der Waals surface area contributed by atoms with Crippen molar-refractivity contribution in [3.63, 3.8) is 0 Å². The molecule has 3 heteroatoms. The van der Waals surface area contributed by atoms with Crippen molar-refractivity contribution < 1.29 is 14.6 Å². The third kappa shape index (κ3) is 4.85. The molecule has 0 radical (unpaired) electrons. The predicted octanol–water partition coefficient (Wildman–Crippen LogP) is 5.35. The van der Waals surface area contributed by atoms with Crippen molar-refractivity contribution in [1.82, 2.24) is 0 Å². The first-order valence-electron chi connectivity index (χ1n) is 8.87. The molecule has 2 aliphatic rings. The minimum Gasteiger partial charge on any atom is -0.482 e. The van der Waals surface area contributed by atoms with Gasteiger partial charge in [-0.05, 0) is 24.5 Å². The van der Waals surface area contributed by atoms with Gasteiger partial charge in [0.25, 0.3) is 0 Å². The highest BCUT2D eigenvalue weighted by atomic mass is 16.5. The van der Waals surface area contributed by atoms with E-state index in [1.54, 1.807) is 0 Å². The lowest BCUT2D eigenvalue weighted by atomic mass is 9.86. The second kappa shape index (κ2) is 7.73. The fourth-order valence-corrected chi connectivity index (χ4v) is 2.77. The van der Waals surface area contributed by atoms with Gasteiger partial charge in [0.2, 0.25) is 0 Å². The first kappa shape index (κ1) is 19.0. The second-order valence-corrected chi connectivity index (χ2v) is 7.16. The molecule has 3 nitrogen and oxygen atoms in total. The molecule has 0 heterocycles. The molecule has 2 unspecified atom stereocenters. The van der Waals surface area contributed by atoms with Gasteiger partial charge in [0.05, 0.1) is 0 Å². The molecular weight excluding hydrogens is 312 g/mol. The molecule has 2 rings (SSSR count). The zero-order valence-corrected chi connectivity index (χ0v) is 15.6. The molecule has 0 aromatic rings. The van der Waals surface area contributed by atoms with Crippen LogP contribution >= 0.6 is 0 Å². The SMILES string of the molecule is CCC1(C)C=CC=C(C2=CC=CC(C)(CC)C=C2OCC(=O)O)C=C1. The Morgan fingerprint density at radius 2 is 1.68 bits per heavy atom. The lowest BCUT2D eigenvalue weighted by molar-refractivity contribution is -0.140. The van der Waals surface area contributed by atoms with Crippen LogP contribution in [0.1, 0.15) is 40.5 Å². The average molecular weight is 340 g/mol. The Hall–Kier alpha value is -2.29. The molecule has 0 aliphatic heterocycles. The lowest BCUT2D eigenvalue weighted by Gasteiger charge is -2.21. The lowest BCUT2D eigenvalue weighted by Crippen LogP contribution is -2.13. The van der Waals surface area contributed by atoms with E-state index in [1.807, 2.05) is 18.2 Å². The van der Waals surface area contributed by atoms with Gasteiger partial charge in [0.15, 0.2) is 6.61 Å². The minimum atomic E-state index is -0.973. The number of carboxylic acid groups (broad SMARTS) is 1. The summed E-state index contributed by atoms with van der Waals surface area (Å²) in [6.07, 6.45) is 20.8. The van der Waals surface area contributed by atoms with E-state index in [0.717, 1.165) is 24.0 Å². The molecule has 0 saturated carbocycles. The van der Waals surface area contributed by atoms with Gasteiger partial charge >= 0.3 is 5.97 Å². The van der Waals surface area contributed by atoms with Gasteiger partial charge in [-0.2, -0.15) is 0 Å². The molecule has 1 N–H and O–H groups in total. The van der Waals surface area contributed by atoms with Crippen LogP contribution in [0.3, 0.4) is 0 Å². The number of carboxylic acids is 1. The Bertz CT molecular complexity index is 703. The minimum absolute atomic E-state index is 0.0309. The first-order valence-corrected chi connectivity index (χ1v) is 8.87. The number of rotatable bonds is 6. The van der Waals surface area contributed by atoms with E-state index >= 15 is 0 Å². The van der Waals surface area contributed by atoms with Crippen LogP contribution in [0.5, 0.6) is 0 Å². The number of aliphatic carboxylic acids is 1. The summed E-state index contributed by atoms with van der Waals surface area (Å²) < 4.78 is 5.66. The Labute approximate surface area is 150 Å². The fourth-order valence-electron chi connectivity index (χ4n) is 2.77. The molecule has 2 atom stereocenters. The van der Waals surface area contributed by atoms with E-state index < -0.39 is 5.97 Å². The van der Waals surface area contributed by atoms with Crippen LogP contribution in [0.4, 0.5) is 0 Å². The summed E-state index contributed by atoms with van der Waals surface area (Å²) in [6.45, 7) is 8.25. The van der Waals surface area contributed by atoms with Gasteiger partial charge in [-0.25, -0.2) is 4.79 Å². The second-order valence-electron chi connectivity index (χ2n) is 7.16. The number of allylic oxidation sites excluding steroid dienone is 10. The largest absolute Gasteiger partial charge is 0.482 e. The van der Waals surface area contributed by atoms with E-state index in [4.69, 9.17) is 9.84 Å². The average Bonchev–Trinajstić information content (AvgIpc) is 2.88. The summed E-state index contributed by atoms with van der Waals surface area (Å²) >= 11 is 0. The monoisotopic (exact) mass is 340 g/mol. The molecule has 134 valence electrons. The van der Waals surface area contributed by atoms with Crippen LogP contribution in [-0.4, -0.2) is 17.7 Å². The van der Waals surface area contributed by atoms with Crippen LogP contribution in [-0.2, 0) is 9.53 Å². The molecule has 2 aliphatic carbocycles. The molecule has 0 spiro atoms. The van der Waals surface area contributed by atoms with Crippen molar-refractivity contribution >= 4 is 5.97 Å². The molecule has 0 aromatic carbocycles. The van der Waals surface area contributed by atoms with Gasteiger partial charge in [0.1, 0.15) is 5.76 Å². The van der Waals surface area contributed by atoms with Crippen molar-refractivity contribution in [2.45, 2.75) is 40.5 Å². The zero-order chi connectivity index (χ0) is 18.5. The maximum atomic E-state index is 11.0. The standard InChI is InChI=1S/C22H28O3/c1-5-21(3)12-7-9-17(11-14-21)18-10-8-13-22(4,6-2)15-19(18)25-16-20(23)24/h7-15H,5-6,16H2,1-4H3,(H,23,24). The number of ether oxygens (including phenoxy) is 1. The summed E-state index contributed by atoms with van der Waals surface area (Å²) in [4.78, 5) is 11.0. The third-order valence-electron chi connectivity index (χ3n) is 5.05. The number of hydrogen-bond acceptors (Lipinski definition) is 2. The highest BCUT2D eigenvalue weighted by Crippen LogP contribution is 2.36. The maximum Gasteiger partial charge on any atom is 0.341 e. The van der Waals surface area contributed by atoms with E-state index in [2.05, 4.69) is 64.2 Å². The van der Waals surface area contributed by atoms with E-state index in [9.17, 15) is 4.79 Å². The topological polar surface area (TPSA) is 46.5 Å². The summed E-state index contributed by atoms with van der Waals surface area (Å²) in [5, 5.41) is 9.02. The van der Waals surface area contributed by atoms with Crippen molar-refractivity contribution in [2.24, 2.45) is 10.8 Å². The van der Waals surface area contributed by atoms with Crippen LogP contribution in [0, 0.1) is 10.8 Å². The number of carbonyl (C=O) groups is 1. The Kier molecular flexibility index (Phi) is 5.89. The van der Waals surface area contributed by atoms with Crippen molar-refractivity contribution in [3.05, 3.63) is 71.6 Å². The van der Waals surface area contributed by atoms with Gasteiger partial charge < -0.3 is 9.84 Å². The van der Waals surface area contributed by atoms with Gasteiger partial charge in [-0.1, -0.05) is 76.3 Å². The molecule has 25 heavy (non-hydrogen) atoms. The van der Waals surface area contributed by atoms with Gasteiger partial charge in [-0.3, -0.25) is 0 Å². The smallest absolute Gasteiger partial charge is 0.341 e. The summed E-state index contributed by atoms with van der Waals surface area (Å²) in [7, 11) is 0. The fraction of sp³-hybridized carbons (Fsp3) is 0.409. The Morgan fingerprint density at radius 3 is 2.32 bits per heavy atom. The van der Waals surface area contributed by atoms with E-state index in [0.29, 0.717) is 5.76 Å². The van der Waals surface area contributed by atoms with E-state index in [-0.39, 0.29) is 17.4 Å². The third-order valence-corrected chi connectivity index (χ3v) is 5.05. The molecule has 0 amide bonds. The van der Waals surface area contributed by atoms with Crippen molar-refractivity contribution in [3.8, 4) is 0 Å². The maximum absolute atomic E-state index is 11.0. The molecule has 0 saturated heterocycles. The molecular formula is C22H28O3. The normalized spacial score (nSPS) is 28.6. The quantitative estimate of drug-likeness (QED) is 0.708. The van der Waals surface area contributed by atoms with Crippen LogP contribution in [0.15, 0.2) is 71.6 Å². The molecule has 0 bridgehead atoms. The van der Waals surface area contributed by atoms with Crippen LogP contribution in [0.25, 0.3) is 0 Å². The first-order chi connectivity index (χ1) is 11.8. The number of hydrogen-bond donors (Lipinski definition) is 1. The highest BCUT2D eigenvalue weighted by molar-refractivity contribution is 5.68. The van der Waals surface area contributed by atoms with Crippen molar-refractivity contribution in [1.29, 1.82) is 0 Å². The van der Waals surface area contributed by atoms with Gasteiger partial charge in [0, 0.05) is 16.4 Å². The Balaban J connectivity index is 2.41. The van der Waals surface area contributed by atoms with Crippen molar-refractivity contribution in [2.75, 3.05) is 6.61 Å². The summed E-state index contributed by atoms with van der Waals surface area (Å²) in [5.74, 6) is -0.347. The van der Waals surface area contributed by atoms with E-state index in [1.165, 1.54) is 0 Å². The highest BCUT2D eigenvalue weighted by Gasteiger charge is 2.23. The van der Waals surface area contributed by atoms with Crippen LogP contribution < -0.4 is 0 Å². The van der Waals surface area contributed by atoms with Gasteiger partial charge in [-0.15, -0.1) is 0 Å².